The van der Waals surface area contributed by atoms with E-state index in [-0.39, 0.29) is 47.5 Å². The second kappa shape index (κ2) is 12.4. The largest absolute Gasteiger partial charge is 0.478 e. The van der Waals surface area contributed by atoms with E-state index in [1.165, 1.54) is 0 Å². The summed E-state index contributed by atoms with van der Waals surface area (Å²) in [5, 5.41) is 11.9. The number of nitrogens with zero attached hydrogens (tertiary/aromatic N) is 6. The van der Waals surface area contributed by atoms with E-state index in [0.717, 1.165) is 16.8 Å². The van der Waals surface area contributed by atoms with Crippen LogP contribution in [0.25, 0.3) is 11.1 Å². The summed E-state index contributed by atoms with van der Waals surface area (Å²) in [5.41, 5.74) is 9.60. The van der Waals surface area contributed by atoms with E-state index in [1.807, 2.05) is 61.2 Å². The third kappa shape index (κ3) is 5.94. The lowest BCUT2D eigenvalue weighted by Gasteiger charge is -2.31. The number of anilines is 1. The van der Waals surface area contributed by atoms with Gasteiger partial charge in [-0.1, -0.05) is 19.1 Å². The summed E-state index contributed by atoms with van der Waals surface area (Å²) >= 11 is 0. The monoisotopic (exact) mass is 579 g/mol. The molecule has 13 heteroatoms. The maximum atomic E-state index is 11.9. The molecule has 1 saturated heterocycles. The van der Waals surface area contributed by atoms with E-state index in [0.29, 0.717) is 24.5 Å². The second-order valence-corrected chi connectivity index (χ2v) is 10.8. The predicted molar refractivity (Wildman–Crippen MR) is 160 cm³/mol. The van der Waals surface area contributed by atoms with Gasteiger partial charge in [0.25, 0.3) is 5.69 Å². The third-order valence-corrected chi connectivity index (χ3v) is 7.79. The van der Waals surface area contributed by atoms with Crippen molar-refractivity contribution >= 4 is 29.6 Å². The van der Waals surface area contributed by atoms with Crippen molar-refractivity contribution < 1.29 is 23.9 Å². The van der Waals surface area contributed by atoms with Crippen LogP contribution in [0, 0.1) is 10.1 Å². The molecule has 0 bridgehead atoms. The zero-order chi connectivity index (χ0) is 30.0. The minimum absolute atomic E-state index is 0.0334. The molecule has 13 nitrogen and oxygen atoms in total. The predicted octanol–water partition coefficient (Wildman–Crippen LogP) is 2.99. The molecule has 0 saturated carbocycles. The van der Waals surface area contributed by atoms with Gasteiger partial charge in [-0.25, -0.2) is 4.99 Å². The van der Waals surface area contributed by atoms with Gasteiger partial charge in [0.15, 0.2) is 12.2 Å². The van der Waals surface area contributed by atoms with E-state index in [2.05, 4.69) is 15.0 Å². The fourth-order valence-electron chi connectivity index (χ4n) is 5.49. The number of hydrogen-bond donors (Lipinski definition) is 1. The van der Waals surface area contributed by atoms with Crippen LogP contribution in [-0.2, 0) is 18.9 Å². The standard InChI is InChI=1S/C29H37N7O6/c1-17(21-12-19(8-11-22(21)36(37)38)18-6-9-20(10-7-18)34(2)3)14-41-28-26-27(32-29(30)33-28)35(16-31-26)25-13-23(40-5)24(42-25)15-39-4/h6-12,16-17,23-27H,13-15H2,1-5H3,(H2,30,32)/t17?,23-,24-,25-,26?,27?/m1/s1. The summed E-state index contributed by atoms with van der Waals surface area (Å²) < 4.78 is 23.2. The van der Waals surface area contributed by atoms with Gasteiger partial charge < -0.3 is 34.5 Å². The highest BCUT2D eigenvalue weighted by Gasteiger charge is 2.46. The topological polar surface area (TPSA) is 150 Å². The van der Waals surface area contributed by atoms with Gasteiger partial charge >= 0.3 is 0 Å². The van der Waals surface area contributed by atoms with Crippen LogP contribution < -0.4 is 10.6 Å². The van der Waals surface area contributed by atoms with Gasteiger partial charge in [0.05, 0.1) is 30.6 Å². The third-order valence-electron chi connectivity index (χ3n) is 7.79. The normalized spacial score (nSPS) is 25.5. The molecule has 3 aliphatic heterocycles. The molecule has 0 aromatic heterocycles. The lowest BCUT2D eigenvalue weighted by Crippen LogP contribution is -2.48. The van der Waals surface area contributed by atoms with E-state index in [9.17, 15) is 10.1 Å². The number of fused-ring (bicyclic) bond motifs is 1. The van der Waals surface area contributed by atoms with Crippen LogP contribution in [0.4, 0.5) is 11.4 Å². The van der Waals surface area contributed by atoms with Crippen molar-refractivity contribution in [2.45, 2.75) is 49.9 Å². The first-order chi connectivity index (χ1) is 20.2. The van der Waals surface area contributed by atoms with Gasteiger partial charge in [-0.3, -0.25) is 15.1 Å². The number of guanidine groups is 1. The van der Waals surface area contributed by atoms with Crippen molar-refractivity contribution in [2.75, 3.05) is 46.4 Å². The van der Waals surface area contributed by atoms with Crippen LogP contribution in [0.5, 0.6) is 0 Å². The zero-order valence-corrected chi connectivity index (χ0v) is 24.4. The smallest absolute Gasteiger partial charge is 0.273 e. The number of methoxy groups -OCH3 is 2. The molecule has 0 radical (unpaired) electrons. The Hall–Kier alpha value is -4.07. The van der Waals surface area contributed by atoms with E-state index in [4.69, 9.17) is 24.7 Å². The summed E-state index contributed by atoms with van der Waals surface area (Å²) in [6, 6.07) is 12.7. The highest BCUT2D eigenvalue weighted by molar-refractivity contribution is 5.99. The Bertz CT molecular complexity index is 1380. The Kier molecular flexibility index (Phi) is 8.71. The van der Waals surface area contributed by atoms with Crippen LogP contribution in [0.3, 0.4) is 0 Å². The molecule has 42 heavy (non-hydrogen) atoms. The molecule has 3 heterocycles. The number of benzene rings is 2. The molecule has 3 aliphatic rings. The fourth-order valence-corrected chi connectivity index (χ4v) is 5.49. The fraction of sp³-hybridized carbons (Fsp3) is 0.483. The number of rotatable bonds is 10. The van der Waals surface area contributed by atoms with Gasteiger partial charge in [0, 0.05) is 58.0 Å². The molecule has 0 aliphatic carbocycles. The first-order valence-corrected chi connectivity index (χ1v) is 13.8. The lowest BCUT2D eigenvalue weighted by atomic mass is 9.95. The molecule has 3 unspecified atom stereocenters. The highest BCUT2D eigenvalue weighted by Crippen LogP contribution is 2.34. The molecule has 6 atom stereocenters. The maximum Gasteiger partial charge on any atom is 0.273 e. The van der Waals surface area contributed by atoms with Crippen molar-refractivity contribution in [3.63, 3.8) is 0 Å². The number of aliphatic imine (C=N–C) groups is 3. The average molecular weight is 580 g/mol. The second-order valence-electron chi connectivity index (χ2n) is 10.8. The van der Waals surface area contributed by atoms with Crippen LogP contribution in [0.2, 0.25) is 0 Å². The van der Waals surface area contributed by atoms with Gasteiger partial charge in [-0.05, 0) is 35.4 Å². The van der Waals surface area contributed by atoms with Gasteiger partial charge in [0.2, 0.25) is 11.9 Å². The zero-order valence-electron chi connectivity index (χ0n) is 24.4. The molecular formula is C29H37N7O6. The number of ether oxygens (including phenoxy) is 4. The first kappa shape index (κ1) is 29.4. The molecule has 2 aromatic carbocycles. The molecule has 1 fully saturated rings. The number of nitrogens with two attached hydrogens (primary N) is 1. The number of hydrogen-bond acceptors (Lipinski definition) is 12. The summed E-state index contributed by atoms with van der Waals surface area (Å²) in [4.78, 5) is 28.9. The van der Waals surface area contributed by atoms with E-state index >= 15 is 0 Å². The van der Waals surface area contributed by atoms with Crippen molar-refractivity contribution in [3.05, 3.63) is 58.1 Å². The molecular weight excluding hydrogens is 542 g/mol. The lowest BCUT2D eigenvalue weighted by molar-refractivity contribution is -0.385. The molecule has 2 N–H and O–H groups in total. The molecule has 0 spiro atoms. The van der Waals surface area contributed by atoms with Crippen molar-refractivity contribution in [2.24, 2.45) is 20.7 Å². The Morgan fingerprint density at radius 1 is 1.19 bits per heavy atom. The number of nitro benzene ring substituents is 1. The Morgan fingerprint density at radius 3 is 2.60 bits per heavy atom. The van der Waals surface area contributed by atoms with Gasteiger partial charge in [-0.2, -0.15) is 4.99 Å². The first-order valence-electron chi connectivity index (χ1n) is 13.8. The Labute approximate surface area is 244 Å². The SMILES string of the molecule is COC[C@H]1O[C@@H](N2C=NC3C(OCC(C)c4cc(-c5ccc(N(C)C)cc5)ccc4[N+](=O)[O-])=NC(N)=NC32)C[C@H]1OC. The quantitative estimate of drug-likeness (QED) is 0.331. The average Bonchev–Trinajstić information content (AvgIpc) is 3.59. The van der Waals surface area contributed by atoms with Crippen LogP contribution in [0.15, 0.2) is 57.4 Å². The summed E-state index contributed by atoms with van der Waals surface area (Å²) in [5.74, 6) is 0.0498. The highest BCUT2D eigenvalue weighted by atomic mass is 16.6. The van der Waals surface area contributed by atoms with Crippen molar-refractivity contribution in [3.8, 4) is 11.1 Å². The minimum Gasteiger partial charge on any atom is -0.478 e. The van der Waals surface area contributed by atoms with Gasteiger partial charge in [-0.15, -0.1) is 0 Å². The molecule has 5 rings (SSSR count). The van der Waals surface area contributed by atoms with Crippen LogP contribution >= 0.6 is 0 Å². The number of nitro groups is 1. The Balaban J connectivity index is 1.30. The van der Waals surface area contributed by atoms with Gasteiger partial charge in [0.1, 0.15) is 12.3 Å². The Morgan fingerprint density at radius 2 is 1.93 bits per heavy atom. The van der Waals surface area contributed by atoms with E-state index < -0.39 is 12.2 Å². The van der Waals surface area contributed by atoms with Crippen LogP contribution in [-0.4, -0.2) is 100 Å². The van der Waals surface area contributed by atoms with Crippen molar-refractivity contribution in [1.82, 2.24) is 4.90 Å². The summed E-state index contributed by atoms with van der Waals surface area (Å²) in [7, 11) is 7.23. The van der Waals surface area contributed by atoms with Crippen molar-refractivity contribution in [1.29, 1.82) is 0 Å². The van der Waals surface area contributed by atoms with Crippen LogP contribution in [0.1, 0.15) is 24.8 Å². The molecule has 2 aromatic rings. The summed E-state index contributed by atoms with van der Waals surface area (Å²) in [6.45, 7) is 2.43. The van der Waals surface area contributed by atoms with E-state index in [1.54, 1.807) is 32.7 Å². The molecule has 224 valence electrons. The summed E-state index contributed by atoms with van der Waals surface area (Å²) in [6.07, 6.45) is 1.12. The minimum atomic E-state index is -0.521. The molecule has 0 amide bonds. The maximum absolute atomic E-state index is 11.9.